The number of aromatic nitrogens is 1. The minimum atomic E-state index is -4.96. The summed E-state index contributed by atoms with van der Waals surface area (Å²) in [6, 6.07) is 4.35. The summed E-state index contributed by atoms with van der Waals surface area (Å²) in [7, 11) is -9.46. The summed E-state index contributed by atoms with van der Waals surface area (Å²) in [5.74, 6) is -0.193. The maximum atomic E-state index is 11.2. The van der Waals surface area contributed by atoms with Gasteiger partial charge in [-0.1, -0.05) is 6.07 Å². The van der Waals surface area contributed by atoms with Crippen molar-refractivity contribution in [1.29, 1.82) is 0 Å². The molecule has 1 aromatic rings. The molecule has 78 valence electrons. The Kier molecular flexibility index (Phi) is 3.09. The average Bonchev–Trinajstić information content (AvgIpc) is 2.03. The van der Waals surface area contributed by atoms with Crippen LogP contribution >= 0.6 is 14.5 Å². The predicted molar refractivity (Wildman–Crippen MR) is 48.7 cm³/mol. The van der Waals surface area contributed by atoms with E-state index in [1.807, 2.05) is 0 Å². The molecule has 1 aromatic heterocycles. The average molecular weight is 238 g/mol. The lowest BCUT2D eigenvalue weighted by atomic mass is 10.5. The van der Waals surface area contributed by atoms with Crippen molar-refractivity contribution >= 4 is 14.5 Å². The molecule has 0 aliphatic heterocycles. The fourth-order valence-electron chi connectivity index (χ4n) is 0.588. The van der Waals surface area contributed by atoms with Gasteiger partial charge < -0.3 is 14.3 Å². The van der Waals surface area contributed by atoms with E-state index in [1.165, 1.54) is 18.3 Å². The van der Waals surface area contributed by atoms with Gasteiger partial charge in [-0.15, -0.1) is 0 Å². The second-order valence-electron chi connectivity index (χ2n) is 2.34. The topological polar surface area (TPSA) is 123 Å². The van der Waals surface area contributed by atoms with E-state index in [4.69, 9.17) is 15.3 Å². The zero-order chi connectivity index (χ0) is 10.8. The molecule has 0 radical (unpaired) electrons. The van der Waals surface area contributed by atoms with Gasteiger partial charge in [0.25, 0.3) is 0 Å². The molecule has 0 saturated heterocycles. The molecular formula is C5H8N2O5P2. The van der Waals surface area contributed by atoms with Crippen LogP contribution in [0.1, 0.15) is 0 Å². The van der Waals surface area contributed by atoms with Crippen LogP contribution in [0.2, 0.25) is 0 Å². The first-order valence-corrected chi connectivity index (χ1v) is 7.39. The summed E-state index contributed by atoms with van der Waals surface area (Å²) < 4.78 is 26.2. The first-order chi connectivity index (χ1) is 6.33. The molecule has 0 aliphatic rings. The summed E-state index contributed by atoms with van der Waals surface area (Å²) in [6.07, 6.45) is 1.31. The van der Waals surface area contributed by atoms with E-state index in [0.717, 1.165) is 0 Å². The van der Waals surface area contributed by atoms with Crippen LogP contribution in [-0.2, 0) is 9.13 Å². The molecule has 0 aliphatic carbocycles. The summed E-state index contributed by atoms with van der Waals surface area (Å²) in [5, 5.41) is 0. The minimum Gasteiger partial charge on any atom is -0.407 e. The molecule has 0 spiro atoms. The molecular weight excluding hydrogens is 230 g/mol. The fourth-order valence-corrected chi connectivity index (χ4v) is 1.64. The lowest BCUT2D eigenvalue weighted by Gasteiger charge is -2.13. The number of pyridine rings is 1. The highest BCUT2D eigenvalue weighted by Crippen LogP contribution is 2.71. The van der Waals surface area contributed by atoms with E-state index in [0.29, 0.717) is 0 Å². The van der Waals surface area contributed by atoms with Crippen molar-refractivity contribution in [3.8, 4) is 5.88 Å². The number of hydrogen-bond acceptors (Lipinski definition) is 4. The summed E-state index contributed by atoms with van der Waals surface area (Å²) >= 11 is 0. The first-order valence-electron chi connectivity index (χ1n) is 3.38. The monoisotopic (exact) mass is 238 g/mol. The van der Waals surface area contributed by atoms with Crippen molar-refractivity contribution in [2.75, 3.05) is 0 Å². The second-order valence-corrected chi connectivity index (χ2v) is 7.91. The van der Waals surface area contributed by atoms with Gasteiger partial charge >= 0.3 is 14.5 Å². The Hall–Kier alpha value is -0.710. The van der Waals surface area contributed by atoms with Crippen molar-refractivity contribution in [2.24, 2.45) is 5.50 Å². The van der Waals surface area contributed by atoms with E-state index in [1.54, 1.807) is 6.07 Å². The Labute approximate surface area is 79.5 Å². The normalized spacial score (nSPS) is 15.9. The minimum absolute atomic E-state index is 0.193. The van der Waals surface area contributed by atoms with Crippen molar-refractivity contribution in [1.82, 2.24) is 4.98 Å². The van der Waals surface area contributed by atoms with E-state index < -0.39 is 14.5 Å². The zero-order valence-corrected chi connectivity index (χ0v) is 8.64. The molecule has 14 heavy (non-hydrogen) atoms. The Morgan fingerprint density at radius 2 is 2.00 bits per heavy atom. The number of rotatable bonds is 3. The second kappa shape index (κ2) is 3.81. The highest BCUT2D eigenvalue weighted by atomic mass is 32.1. The number of hydrogen-bond donors (Lipinski definition) is 3. The third-order valence-electron chi connectivity index (χ3n) is 1.23. The van der Waals surface area contributed by atoms with Crippen molar-refractivity contribution in [3.05, 3.63) is 24.4 Å². The Morgan fingerprint density at radius 3 is 2.43 bits per heavy atom. The van der Waals surface area contributed by atoms with Crippen LogP contribution in [0.15, 0.2) is 24.4 Å². The van der Waals surface area contributed by atoms with Gasteiger partial charge in [-0.3, -0.25) is 0 Å². The molecule has 0 amide bonds. The van der Waals surface area contributed by atoms with Crippen molar-refractivity contribution in [3.63, 3.8) is 0 Å². The van der Waals surface area contributed by atoms with Crippen molar-refractivity contribution < 1.29 is 23.4 Å². The van der Waals surface area contributed by atoms with Crippen LogP contribution in [0.5, 0.6) is 5.88 Å². The number of nitrogens with zero attached hydrogens (tertiary/aromatic N) is 1. The van der Waals surface area contributed by atoms with Gasteiger partial charge in [0, 0.05) is 12.3 Å². The van der Waals surface area contributed by atoms with Crippen LogP contribution in [0.25, 0.3) is 0 Å². The molecule has 0 bridgehead atoms. The first kappa shape index (κ1) is 11.4. The highest BCUT2D eigenvalue weighted by molar-refractivity contribution is 8.28. The summed E-state index contributed by atoms with van der Waals surface area (Å²) in [6.45, 7) is 0. The molecule has 1 unspecified atom stereocenters. The molecule has 0 fully saturated rings. The van der Waals surface area contributed by atoms with Gasteiger partial charge in [0.15, 0.2) is 0 Å². The van der Waals surface area contributed by atoms with E-state index in [-0.39, 0.29) is 5.88 Å². The van der Waals surface area contributed by atoms with Gasteiger partial charge in [-0.2, -0.15) is 0 Å². The van der Waals surface area contributed by atoms with Crippen LogP contribution in [-0.4, -0.2) is 14.8 Å². The van der Waals surface area contributed by atoms with Crippen molar-refractivity contribution in [2.45, 2.75) is 0 Å². The van der Waals surface area contributed by atoms with E-state index in [2.05, 4.69) is 9.51 Å². The molecule has 0 saturated carbocycles. The third kappa shape index (κ3) is 2.64. The maximum absolute atomic E-state index is 11.2. The number of nitrogens with two attached hydrogens (primary N) is 1. The molecule has 0 aromatic carbocycles. The van der Waals surface area contributed by atoms with Gasteiger partial charge in [0.05, 0.1) is 0 Å². The summed E-state index contributed by atoms with van der Waals surface area (Å²) in [5.41, 5.74) is 4.86. The molecule has 7 nitrogen and oxygen atoms in total. The zero-order valence-electron chi connectivity index (χ0n) is 6.85. The van der Waals surface area contributed by atoms with Crippen LogP contribution < -0.4 is 10.0 Å². The van der Waals surface area contributed by atoms with Gasteiger partial charge in [0.2, 0.25) is 5.88 Å². The highest BCUT2D eigenvalue weighted by Gasteiger charge is 2.41. The Morgan fingerprint density at radius 1 is 1.36 bits per heavy atom. The van der Waals surface area contributed by atoms with Gasteiger partial charge in [-0.05, 0) is 6.07 Å². The van der Waals surface area contributed by atoms with Crippen LogP contribution in [0.3, 0.4) is 0 Å². The predicted octanol–water partition coefficient (Wildman–Crippen LogP) is 0.705. The lowest BCUT2D eigenvalue weighted by molar-refractivity contribution is 0.377. The van der Waals surface area contributed by atoms with Crippen LogP contribution in [0, 0.1) is 0 Å². The van der Waals surface area contributed by atoms with Crippen LogP contribution in [0.4, 0.5) is 0 Å². The standard InChI is InChI=1S/C5H8N2O5P2/c6-13(8,14(9,10)11)12-5-3-1-2-4-7-5/h1-4H,(H2,6,8)(H2,9,10,11). The lowest BCUT2D eigenvalue weighted by Crippen LogP contribution is -2.03. The van der Waals surface area contributed by atoms with Gasteiger partial charge in [-0.25, -0.2) is 19.6 Å². The molecule has 1 rings (SSSR count). The maximum Gasteiger partial charge on any atom is 0.435 e. The Balaban J connectivity index is 2.91. The smallest absolute Gasteiger partial charge is 0.407 e. The molecule has 1 heterocycles. The molecule has 4 N–H and O–H groups in total. The Bertz CT molecular complexity index is 402. The summed E-state index contributed by atoms with van der Waals surface area (Å²) in [4.78, 5) is 20.7. The molecule has 9 heteroatoms. The van der Waals surface area contributed by atoms with E-state index >= 15 is 0 Å². The van der Waals surface area contributed by atoms with Gasteiger partial charge in [0.1, 0.15) is 0 Å². The molecule has 1 atom stereocenters. The van der Waals surface area contributed by atoms with E-state index in [9.17, 15) is 9.13 Å². The largest absolute Gasteiger partial charge is 0.435 e. The quantitative estimate of drug-likeness (QED) is 0.662. The SMILES string of the molecule is NP(=O)(Oc1ccccn1)P(=O)(O)O. The fraction of sp³-hybridized carbons (Fsp3) is 0. The third-order valence-corrected chi connectivity index (χ3v) is 4.82.